The Labute approximate surface area is 194 Å². The van der Waals surface area contributed by atoms with E-state index < -0.39 is 15.9 Å². The predicted octanol–water partition coefficient (Wildman–Crippen LogP) is 3.28. The van der Waals surface area contributed by atoms with Crippen LogP contribution in [0.1, 0.15) is 6.92 Å². The SMILES string of the molecule is CC(=O)Nc1ccc(S(=O)(=O)N(C)CC(=O)Nc2ccc(-c3cn4ccsc4n3)cc2)cc1. The second-order valence-electron chi connectivity index (χ2n) is 7.31. The van der Waals surface area contributed by atoms with Crippen LogP contribution < -0.4 is 10.6 Å². The topological polar surface area (TPSA) is 113 Å². The van der Waals surface area contributed by atoms with Crippen LogP contribution in [0.2, 0.25) is 0 Å². The number of nitrogens with zero attached hydrogens (tertiary/aromatic N) is 3. The number of aromatic nitrogens is 2. The van der Waals surface area contributed by atoms with Gasteiger partial charge in [-0.3, -0.25) is 14.0 Å². The van der Waals surface area contributed by atoms with E-state index in [4.69, 9.17) is 0 Å². The molecule has 9 nitrogen and oxygen atoms in total. The van der Waals surface area contributed by atoms with Crippen molar-refractivity contribution in [1.82, 2.24) is 13.7 Å². The minimum absolute atomic E-state index is 0.0243. The molecule has 2 N–H and O–H groups in total. The Morgan fingerprint density at radius 1 is 1.03 bits per heavy atom. The Morgan fingerprint density at radius 3 is 2.30 bits per heavy atom. The third-order valence-corrected chi connectivity index (χ3v) is 7.40. The number of sulfonamides is 1. The summed E-state index contributed by atoms with van der Waals surface area (Å²) in [6.45, 7) is 1.01. The zero-order valence-electron chi connectivity index (χ0n) is 17.8. The molecule has 0 aliphatic carbocycles. The van der Waals surface area contributed by atoms with E-state index in [0.29, 0.717) is 11.4 Å². The number of carbonyl (C=O) groups excluding carboxylic acids is 2. The molecule has 0 saturated heterocycles. The van der Waals surface area contributed by atoms with Gasteiger partial charge in [-0.15, -0.1) is 11.3 Å². The monoisotopic (exact) mass is 483 g/mol. The summed E-state index contributed by atoms with van der Waals surface area (Å²) in [5, 5.41) is 7.25. The number of fused-ring (bicyclic) bond motifs is 1. The van der Waals surface area contributed by atoms with Gasteiger partial charge in [-0.05, 0) is 36.4 Å². The van der Waals surface area contributed by atoms with Gasteiger partial charge in [0.15, 0.2) is 4.96 Å². The smallest absolute Gasteiger partial charge is 0.243 e. The zero-order valence-corrected chi connectivity index (χ0v) is 19.5. The van der Waals surface area contributed by atoms with Crippen molar-refractivity contribution >= 4 is 49.5 Å². The minimum atomic E-state index is -3.87. The van der Waals surface area contributed by atoms with E-state index in [0.717, 1.165) is 20.5 Å². The molecule has 170 valence electrons. The Bertz CT molecular complexity index is 1380. The van der Waals surface area contributed by atoms with Crippen LogP contribution in [0.15, 0.2) is 71.2 Å². The number of thiazole rings is 1. The lowest BCUT2D eigenvalue weighted by atomic mass is 10.1. The molecule has 0 saturated carbocycles. The molecule has 0 aliphatic heterocycles. The Kier molecular flexibility index (Phi) is 6.27. The van der Waals surface area contributed by atoms with Gasteiger partial charge in [-0.1, -0.05) is 12.1 Å². The molecule has 4 aromatic rings. The number of carbonyl (C=O) groups is 2. The van der Waals surface area contributed by atoms with Gasteiger partial charge in [0.05, 0.1) is 17.1 Å². The van der Waals surface area contributed by atoms with Crippen LogP contribution in [0.3, 0.4) is 0 Å². The molecule has 0 spiro atoms. The molecule has 2 heterocycles. The first-order chi connectivity index (χ1) is 15.7. The number of nitrogens with one attached hydrogen (secondary N) is 2. The number of hydrogen-bond donors (Lipinski definition) is 2. The second-order valence-corrected chi connectivity index (χ2v) is 10.2. The van der Waals surface area contributed by atoms with E-state index in [-0.39, 0.29) is 17.3 Å². The first kappa shape index (κ1) is 22.6. The lowest BCUT2D eigenvalue weighted by Gasteiger charge is -2.17. The number of hydrogen-bond acceptors (Lipinski definition) is 6. The van der Waals surface area contributed by atoms with E-state index >= 15 is 0 Å². The van der Waals surface area contributed by atoms with Crippen molar-refractivity contribution in [2.24, 2.45) is 0 Å². The zero-order chi connectivity index (χ0) is 23.6. The maximum atomic E-state index is 12.8. The average molecular weight is 484 g/mol. The Hall–Kier alpha value is -3.54. The standard InChI is InChI=1S/C22H21N5O4S2/c1-15(28)23-17-7-9-19(10-8-17)33(30,31)26(2)14-21(29)24-18-5-3-16(4-6-18)20-13-27-11-12-32-22(27)25-20/h3-13H,14H2,1-2H3,(H,23,28)(H,24,29). The van der Waals surface area contributed by atoms with Gasteiger partial charge in [0.25, 0.3) is 0 Å². The highest BCUT2D eigenvalue weighted by Crippen LogP contribution is 2.23. The summed E-state index contributed by atoms with van der Waals surface area (Å²) < 4.78 is 28.4. The van der Waals surface area contributed by atoms with E-state index in [1.807, 2.05) is 34.3 Å². The van der Waals surface area contributed by atoms with Crippen molar-refractivity contribution in [2.75, 3.05) is 24.2 Å². The fourth-order valence-corrected chi connectivity index (χ4v) is 5.00. The number of imidazole rings is 1. The van der Waals surface area contributed by atoms with Crippen LogP contribution >= 0.6 is 11.3 Å². The van der Waals surface area contributed by atoms with E-state index in [2.05, 4.69) is 15.6 Å². The van der Waals surface area contributed by atoms with Gasteiger partial charge < -0.3 is 10.6 Å². The lowest BCUT2D eigenvalue weighted by molar-refractivity contribution is -0.116. The highest BCUT2D eigenvalue weighted by atomic mass is 32.2. The van der Waals surface area contributed by atoms with Crippen molar-refractivity contribution < 1.29 is 18.0 Å². The predicted molar refractivity (Wildman–Crippen MR) is 128 cm³/mol. The van der Waals surface area contributed by atoms with Crippen molar-refractivity contribution in [3.63, 3.8) is 0 Å². The minimum Gasteiger partial charge on any atom is -0.326 e. The Balaban J connectivity index is 1.38. The summed E-state index contributed by atoms with van der Waals surface area (Å²) in [5.74, 6) is -0.719. The van der Waals surface area contributed by atoms with Crippen molar-refractivity contribution in [2.45, 2.75) is 11.8 Å². The molecule has 2 aromatic heterocycles. The van der Waals surface area contributed by atoms with Crippen molar-refractivity contribution in [1.29, 1.82) is 0 Å². The quantitative estimate of drug-likeness (QED) is 0.419. The van der Waals surface area contributed by atoms with Crippen LogP contribution in [0.4, 0.5) is 11.4 Å². The van der Waals surface area contributed by atoms with Crippen LogP contribution in [0.25, 0.3) is 16.2 Å². The Morgan fingerprint density at radius 2 is 1.67 bits per heavy atom. The van der Waals surface area contributed by atoms with E-state index in [1.165, 1.54) is 38.2 Å². The van der Waals surface area contributed by atoms with Crippen molar-refractivity contribution in [3.05, 3.63) is 66.3 Å². The lowest BCUT2D eigenvalue weighted by Crippen LogP contribution is -2.34. The van der Waals surface area contributed by atoms with Gasteiger partial charge >= 0.3 is 0 Å². The molecule has 0 bridgehead atoms. The summed E-state index contributed by atoms with van der Waals surface area (Å²) in [7, 11) is -2.53. The summed E-state index contributed by atoms with van der Waals surface area (Å²) in [6.07, 6.45) is 3.87. The van der Waals surface area contributed by atoms with Gasteiger partial charge in [0.2, 0.25) is 21.8 Å². The molecule has 0 aliphatic rings. The van der Waals surface area contributed by atoms with Crippen LogP contribution in [-0.2, 0) is 19.6 Å². The summed E-state index contributed by atoms with van der Waals surface area (Å²) >= 11 is 1.55. The third kappa shape index (κ3) is 5.11. The average Bonchev–Trinajstić information content (AvgIpc) is 3.36. The number of amides is 2. The van der Waals surface area contributed by atoms with Crippen LogP contribution in [0, 0.1) is 0 Å². The molecule has 0 radical (unpaired) electrons. The van der Waals surface area contributed by atoms with Gasteiger partial charge in [-0.2, -0.15) is 4.31 Å². The largest absolute Gasteiger partial charge is 0.326 e. The molecule has 2 aromatic carbocycles. The van der Waals surface area contributed by atoms with Crippen molar-refractivity contribution in [3.8, 4) is 11.3 Å². The van der Waals surface area contributed by atoms with Crippen LogP contribution in [-0.4, -0.2) is 47.5 Å². The maximum absolute atomic E-state index is 12.8. The van der Waals surface area contributed by atoms with E-state index in [1.54, 1.807) is 23.5 Å². The number of likely N-dealkylation sites (N-methyl/N-ethyl adjacent to an activating group) is 1. The molecular formula is C22H21N5O4S2. The molecule has 0 fully saturated rings. The third-order valence-electron chi connectivity index (χ3n) is 4.81. The van der Waals surface area contributed by atoms with Gasteiger partial charge in [-0.25, -0.2) is 13.4 Å². The summed E-state index contributed by atoms with van der Waals surface area (Å²) in [4.78, 5) is 29.0. The highest BCUT2D eigenvalue weighted by molar-refractivity contribution is 7.89. The fourth-order valence-electron chi connectivity index (χ4n) is 3.17. The van der Waals surface area contributed by atoms with E-state index in [9.17, 15) is 18.0 Å². The van der Waals surface area contributed by atoms with Crippen LogP contribution in [0.5, 0.6) is 0 Å². The molecular weight excluding hydrogens is 462 g/mol. The summed E-state index contributed by atoms with van der Waals surface area (Å²) in [6, 6.07) is 12.9. The maximum Gasteiger partial charge on any atom is 0.243 e. The first-order valence-corrected chi connectivity index (χ1v) is 12.2. The van der Waals surface area contributed by atoms with Gasteiger partial charge in [0.1, 0.15) is 0 Å². The highest BCUT2D eigenvalue weighted by Gasteiger charge is 2.23. The molecule has 4 rings (SSSR count). The van der Waals surface area contributed by atoms with Gasteiger partial charge in [0, 0.05) is 48.7 Å². The molecule has 0 unspecified atom stereocenters. The first-order valence-electron chi connectivity index (χ1n) is 9.89. The number of anilines is 2. The second kappa shape index (κ2) is 9.14. The molecule has 33 heavy (non-hydrogen) atoms. The fraction of sp³-hybridized carbons (Fsp3) is 0.136. The molecule has 2 amide bonds. The number of rotatable bonds is 7. The number of benzene rings is 2. The summed E-state index contributed by atoms with van der Waals surface area (Å²) in [5.41, 5.74) is 2.78. The normalized spacial score (nSPS) is 11.6. The molecule has 11 heteroatoms. The molecule has 0 atom stereocenters.